The van der Waals surface area contributed by atoms with E-state index in [2.05, 4.69) is 6.58 Å². The zero-order valence-corrected chi connectivity index (χ0v) is 9.95. The van der Waals surface area contributed by atoms with Gasteiger partial charge in [0.05, 0.1) is 17.8 Å². The maximum Gasteiger partial charge on any atom is 0.339 e. The van der Waals surface area contributed by atoms with Crippen LogP contribution in [-0.4, -0.2) is 25.1 Å². The number of rotatable bonds is 2. The highest BCUT2D eigenvalue weighted by Crippen LogP contribution is 2.37. The lowest BCUT2D eigenvalue weighted by Crippen LogP contribution is -2.26. The number of amides is 2. The van der Waals surface area contributed by atoms with Crippen molar-refractivity contribution in [2.45, 2.75) is 0 Å². The molecule has 0 unspecified atom stereocenters. The highest BCUT2D eigenvalue weighted by Gasteiger charge is 2.31. The Morgan fingerprint density at radius 1 is 1.44 bits per heavy atom. The number of anilines is 1. The Kier molecular flexibility index (Phi) is 2.78. The van der Waals surface area contributed by atoms with Gasteiger partial charge in [-0.3, -0.25) is 4.90 Å². The van der Waals surface area contributed by atoms with Gasteiger partial charge in [0, 0.05) is 25.1 Å². The summed E-state index contributed by atoms with van der Waals surface area (Å²) in [5.41, 5.74) is 0.792. The Balaban J connectivity index is 2.31. The van der Waals surface area contributed by atoms with Crippen LogP contribution in [0.3, 0.4) is 0 Å². The quantitative estimate of drug-likeness (QED) is 0.740. The van der Waals surface area contributed by atoms with Crippen molar-refractivity contribution < 1.29 is 9.53 Å². The molecular formula is C11H12N2O2S. The number of benzene rings is 1. The van der Waals surface area contributed by atoms with Gasteiger partial charge in [-0.05, 0) is 12.1 Å². The first-order valence-electron chi connectivity index (χ1n) is 4.72. The Labute approximate surface area is 98.6 Å². The van der Waals surface area contributed by atoms with Gasteiger partial charge in [-0.1, -0.05) is 12.6 Å². The van der Waals surface area contributed by atoms with E-state index >= 15 is 0 Å². The molecule has 0 radical (unpaired) electrons. The Morgan fingerprint density at radius 3 is 2.75 bits per heavy atom. The molecule has 0 bridgehead atoms. The fourth-order valence-electron chi connectivity index (χ4n) is 1.35. The number of ether oxygens (including phenoxy) is 1. The van der Waals surface area contributed by atoms with Gasteiger partial charge in [0.25, 0.3) is 0 Å². The number of carbonyl (C=O) groups excluding carboxylic acids is 1. The molecule has 1 heterocycles. The van der Waals surface area contributed by atoms with Crippen LogP contribution >= 0.6 is 11.9 Å². The van der Waals surface area contributed by atoms with Gasteiger partial charge in [0.1, 0.15) is 5.75 Å². The van der Waals surface area contributed by atoms with Crippen molar-refractivity contribution in [1.29, 1.82) is 0 Å². The largest absolute Gasteiger partial charge is 0.497 e. The van der Waals surface area contributed by atoms with E-state index in [0.29, 0.717) is 5.03 Å². The van der Waals surface area contributed by atoms with Gasteiger partial charge in [0.2, 0.25) is 0 Å². The minimum atomic E-state index is -0.0942. The summed E-state index contributed by atoms with van der Waals surface area (Å²) in [6, 6.07) is 7.27. The maximum absolute atomic E-state index is 11.8. The molecule has 0 N–H and O–H groups in total. The predicted molar refractivity (Wildman–Crippen MR) is 65.4 cm³/mol. The number of carbonyl (C=O) groups is 1. The first-order valence-corrected chi connectivity index (χ1v) is 5.49. The lowest BCUT2D eigenvalue weighted by atomic mass is 10.3. The molecule has 1 aliphatic heterocycles. The van der Waals surface area contributed by atoms with E-state index in [1.54, 1.807) is 18.5 Å². The standard InChI is InChI=1S/C11H12N2O2S/c1-8-12(2)11(14)13(16-8)9-5-4-6-10(7-9)15-3/h4-7H,1H2,2-3H3. The second-order valence-corrected chi connectivity index (χ2v) is 4.34. The normalized spacial score (nSPS) is 15.9. The highest BCUT2D eigenvalue weighted by molar-refractivity contribution is 8.05. The lowest BCUT2D eigenvalue weighted by Gasteiger charge is -2.14. The van der Waals surface area contributed by atoms with E-state index in [4.69, 9.17) is 4.74 Å². The Hall–Kier alpha value is -1.62. The molecule has 1 aromatic rings. The summed E-state index contributed by atoms with van der Waals surface area (Å²) in [5.74, 6) is 0.728. The molecule has 5 heteroatoms. The molecule has 0 spiro atoms. The Bertz CT molecular complexity index is 447. The fourth-order valence-corrected chi connectivity index (χ4v) is 2.18. The number of nitrogens with zero attached hydrogens (tertiary/aromatic N) is 2. The third kappa shape index (κ3) is 1.74. The van der Waals surface area contributed by atoms with Crippen LogP contribution in [0.5, 0.6) is 5.75 Å². The molecular weight excluding hydrogens is 224 g/mol. The number of methoxy groups -OCH3 is 1. The average molecular weight is 236 g/mol. The van der Waals surface area contributed by atoms with E-state index in [9.17, 15) is 4.79 Å². The monoisotopic (exact) mass is 236 g/mol. The minimum Gasteiger partial charge on any atom is -0.497 e. The van der Waals surface area contributed by atoms with Crippen molar-refractivity contribution in [2.24, 2.45) is 0 Å². The second kappa shape index (κ2) is 4.09. The molecule has 1 aliphatic rings. The van der Waals surface area contributed by atoms with Crippen LogP contribution in [0.1, 0.15) is 0 Å². The van der Waals surface area contributed by atoms with Gasteiger partial charge >= 0.3 is 6.03 Å². The summed E-state index contributed by atoms with van der Waals surface area (Å²) < 4.78 is 6.71. The van der Waals surface area contributed by atoms with E-state index in [-0.39, 0.29) is 6.03 Å². The summed E-state index contributed by atoms with van der Waals surface area (Å²) in [5, 5.41) is 0.716. The van der Waals surface area contributed by atoms with E-state index < -0.39 is 0 Å². The van der Waals surface area contributed by atoms with Gasteiger partial charge in [-0.15, -0.1) is 0 Å². The Morgan fingerprint density at radius 2 is 2.19 bits per heavy atom. The van der Waals surface area contributed by atoms with Crippen LogP contribution in [0, 0.1) is 0 Å². The first-order chi connectivity index (χ1) is 7.63. The van der Waals surface area contributed by atoms with Crippen molar-refractivity contribution in [3.8, 4) is 5.75 Å². The SMILES string of the molecule is C=C1SN(c2cccc(OC)c2)C(=O)N1C. The second-order valence-electron chi connectivity index (χ2n) is 3.32. The third-order valence-electron chi connectivity index (χ3n) is 2.32. The first kappa shape index (κ1) is 10.9. The van der Waals surface area contributed by atoms with Gasteiger partial charge in [-0.25, -0.2) is 9.10 Å². The zero-order valence-electron chi connectivity index (χ0n) is 9.14. The molecule has 0 atom stereocenters. The van der Waals surface area contributed by atoms with Crippen LogP contribution in [0.4, 0.5) is 10.5 Å². The number of hydrogen-bond donors (Lipinski definition) is 0. The van der Waals surface area contributed by atoms with Gasteiger partial charge < -0.3 is 4.74 Å². The van der Waals surface area contributed by atoms with Crippen LogP contribution < -0.4 is 9.04 Å². The lowest BCUT2D eigenvalue weighted by molar-refractivity contribution is 0.234. The fraction of sp³-hybridized carbons (Fsp3) is 0.182. The molecule has 2 amide bonds. The highest BCUT2D eigenvalue weighted by atomic mass is 32.2. The molecule has 84 valence electrons. The molecule has 0 saturated carbocycles. The van der Waals surface area contributed by atoms with Gasteiger partial charge in [0.15, 0.2) is 0 Å². The van der Waals surface area contributed by atoms with Crippen LogP contribution in [0.15, 0.2) is 35.9 Å². The van der Waals surface area contributed by atoms with E-state index in [1.165, 1.54) is 16.8 Å². The van der Waals surface area contributed by atoms with Gasteiger partial charge in [-0.2, -0.15) is 0 Å². The molecule has 0 aliphatic carbocycles. The van der Waals surface area contributed by atoms with Crippen molar-refractivity contribution >= 4 is 23.7 Å². The van der Waals surface area contributed by atoms with E-state index in [1.807, 2.05) is 24.3 Å². The topological polar surface area (TPSA) is 32.8 Å². The molecule has 0 aromatic heterocycles. The molecule has 1 aromatic carbocycles. The molecule has 4 nitrogen and oxygen atoms in total. The summed E-state index contributed by atoms with van der Waals surface area (Å²) >= 11 is 1.31. The van der Waals surface area contributed by atoms with Crippen molar-refractivity contribution in [3.05, 3.63) is 35.9 Å². The molecule has 2 rings (SSSR count). The molecule has 1 fully saturated rings. The van der Waals surface area contributed by atoms with E-state index in [0.717, 1.165) is 11.4 Å². The van der Waals surface area contributed by atoms with Crippen LogP contribution in [-0.2, 0) is 0 Å². The molecule has 16 heavy (non-hydrogen) atoms. The minimum absolute atomic E-state index is 0.0942. The van der Waals surface area contributed by atoms with Crippen LogP contribution in [0.2, 0.25) is 0 Å². The van der Waals surface area contributed by atoms with Crippen molar-refractivity contribution in [1.82, 2.24) is 4.90 Å². The summed E-state index contributed by atoms with van der Waals surface area (Å²) in [7, 11) is 3.31. The number of urea groups is 1. The van der Waals surface area contributed by atoms with Crippen molar-refractivity contribution in [3.63, 3.8) is 0 Å². The summed E-state index contributed by atoms with van der Waals surface area (Å²) in [4.78, 5) is 13.4. The smallest absolute Gasteiger partial charge is 0.339 e. The van der Waals surface area contributed by atoms with Crippen molar-refractivity contribution in [2.75, 3.05) is 18.5 Å². The molecule has 1 saturated heterocycles. The van der Waals surface area contributed by atoms with Crippen LogP contribution in [0.25, 0.3) is 0 Å². The zero-order chi connectivity index (χ0) is 11.7. The third-order valence-corrected chi connectivity index (χ3v) is 3.35. The predicted octanol–water partition coefficient (Wildman–Crippen LogP) is 2.69. The summed E-state index contributed by atoms with van der Waals surface area (Å²) in [6.45, 7) is 3.80. The summed E-state index contributed by atoms with van der Waals surface area (Å²) in [6.07, 6.45) is 0. The maximum atomic E-state index is 11.8. The average Bonchev–Trinajstić information content (AvgIpc) is 2.57. The number of hydrogen-bond acceptors (Lipinski definition) is 3.